The molecule has 0 heterocycles. The number of methoxy groups -OCH3 is 1. The number of hydrogen-bond donors (Lipinski definition) is 0. The topological polar surface area (TPSA) is 29.5 Å². The highest BCUT2D eigenvalue weighted by molar-refractivity contribution is 9.10. The molecule has 1 aromatic carbocycles. The molecule has 0 fully saturated rings. The second-order valence-corrected chi connectivity index (χ2v) is 4.02. The number of ether oxygens (including phenoxy) is 1. The lowest BCUT2D eigenvalue weighted by Gasteiger charge is -2.15. The SMILES string of the molecule is CCN(C)C(=O)c1ccc(OC)c(Br)c1. The Kier molecular flexibility index (Phi) is 4.15. The van der Waals surface area contributed by atoms with Gasteiger partial charge in [0.2, 0.25) is 0 Å². The third kappa shape index (κ3) is 2.72. The van der Waals surface area contributed by atoms with Gasteiger partial charge in [-0.3, -0.25) is 4.79 Å². The van der Waals surface area contributed by atoms with E-state index in [1.165, 1.54) is 0 Å². The summed E-state index contributed by atoms with van der Waals surface area (Å²) in [6, 6.07) is 5.31. The van der Waals surface area contributed by atoms with Crippen molar-refractivity contribution in [2.24, 2.45) is 0 Å². The van der Waals surface area contributed by atoms with Crippen LogP contribution in [0.2, 0.25) is 0 Å². The Hall–Kier alpha value is -1.03. The van der Waals surface area contributed by atoms with Crippen LogP contribution in [-0.2, 0) is 0 Å². The second-order valence-electron chi connectivity index (χ2n) is 3.17. The minimum atomic E-state index is 0.0147. The number of carbonyl (C=O) groups excluding carboxylic acids is 1. The van der Waals surface area contributed by atoms with E-state index in [1.54, 1.807) is 37.3 Å². The molecule has 15 heavy (non-hydrogen) atoms. The molecule has 1 aromatic rings. The van der Waals surface area contributed by atoms with Crippen LogP contribution < -0.4 is 4.74 Å². The average Bonchev–Trinajstić information content (AvgIpc) is 2.26. The summed E-state index contributed by atoms with van der Waals surface area (Å²) in [5.41, 5.74) is 0.659. The molecule has 0 bridgehead atoms. The van der Waals surface area contributed by atoms with Crippen LogP contribution in [0.15, 0.2) is 22.7 Å². The van der Waals surface area contributed by atoms with Crippen molar-refractivity contribution in [3.05, 3.63) is 28.2 Å². The molecule has 0 radical (unpaired) electrons. The van der Waals surface area contributed by atoms with Crippen molar-refractivity contribution in [1.82, 2.24) is 4.90 Å². The number of amides is 1. The highest BCUT2D eigenvalue weighted by Gasteiger charge is 2.11. The van der Waals surface area contributed by atoms with Gasteiger partial charge in [-0.15, -0.1) is 0 Å². The van der Waals surface area contributed by atoms with Crippen molar-refractivity contribution in [1.29, 1.82) is 0 Å². The maximum absolute atomic E-state index is 11.8. The molecular formula is C11H14BrNO2. The van der Waals surface area contributed by atoms with Gasteiger partial charge in [0.1, 0.15) is 5.75 Å². The zero-order valence-corrected chi connectivity index (χ0v) is 10.7. The van der Waals surface area contributed by atoms with Crippen molar-refractivity contribution in [3.8, 4) is 5.75 Å². The molecule has 82 valence electrons. The third-order valence-corrected chi connectivity index (χ3v) is 2.84. The van der Waals surface area contributed by atoms with Crippen LogP contribution in [0.4, 0.5) is 0 Å². The Morgan fingerprint density at radius 2 is 2.20 bits per heavy atom. The summed E-state index contributed by atoms with van der Waals surface area (Å²) >= 11 is 3.35. The van der Waals surface area contributed by atoms with E-state index in [0.717, 1.165) is 10.2 Å². The first-order valence-electron chi connectivity index (χ1n) is 4.69. The molecule has 3 nitrogen and oxygen atoms in total. The molecule has 1 amide bonds. The predicted octanol–water partition coefficient (Wildman–Crippen LogP) is 2.55. The average molecular weight is 272 g/mol. The Bertz CT molecular complexity index is 366. The predicted molar refractivity (Wildman–Crippen MR) is 63.3 cm³/mol. The van der Waals surface area contributed by atoms with E-state index in [-0.39, 0.29) is 5.91 Å². The maximum Gasteiger partial charge on any atom is 0.253 e. The Morgan fingerprint density at radius 1 is 1.53 bits per heavy atom. The van der Waals surface area contributed by atoms with E-state index in [2.05, 4.69) is 15.9 Å². The van der Waals surface area contributed by atoms with Gasteiger partial charge in [0.25, 0.3) is 5.91 Å². The van der Waals surface area contributed by atoms with Gasteiger partial charge < -0.3 is 9.64 Å². The van der Waals surface area contributed by atoms with Crippen molar-refractivity contribution in [2.45, 2.75) is 6.92 Å². The summed E-state index contributed by atoms with van der Waals surface area (Å²) in [7, 11) is 3.38. The zero-order valence-electron chi connectivity index (χ0n) is 9.08. The molecule has 0 aliphatic heterocycles. The third-order valence-electron chi connectivity index (χ3n) is 2.22. The standard InChI is InChI=1S/C11H14BrNO2/c1-4-13(2)11(14)8-5-6-10(15-3)9(12)7-8/h5-7H,4H2,1-3H3. The van der Waals surface area contributed by atoms with Crippen LogP contribution in [0.25, 0.3) is 0 Å². The van der Waals surface area contributed by atoms with Crippen LogP contribution in [0.5, 0.6) is 5.75 Å². The highest BCUT2D eigenvalue weighted by atomic mass is 79.9. The van der Waals surface area contributed by atoms with Crippen molar-refractivity contribution in [2.75, 3.05) is 20.7 Å². The molecular weight excluding hydrogens is 258 g/mol. The largest absolute Gasteiger partial charge is 0.496 e. The minimum absolute atomic E-state index is 0.0147. The number of hydrogen-bond acceptors (Lipinski definition) is 2. The van der Waals surface area contributed by atoms with E-state index in [1.807, 2.05) is 6.92 Å². The Morgan fingerprint density at radius 3 is 2.67 bits per heavy atom. The van der Waals surface area contributed by atoms with Crippen LogP contribution in [0, 0.1) is 0 Å². The quantitative estimate of drug-likeness (QED) is 0.846. The lowest BCUT2D eigenvalue weighted by atomic mass is 10.2. The van der Waals surface area contributed by atoms with Crippen molar-refractivity contribution >= 4 is 21.8 Å². The fourth-order valence-electron chi connectivity index (χ4n) is 1.16. The monoisotopic (exact) mass is 271 g/mol. The molecule has 0 saturated heterocycles. The summed E-state index contributed by atoms with van der Waals surface area (Å²) < 4.78 is 5.89. The summed E-state index contributed by atoms with van der Waals surface area (Å²) in [6.07, 6.45) is 0. The summed E-state index contributed by atoms with van der Waals surface area (Å²) in [4.78, 5) is 13.5. The Labute approximate surface area is 98.2 Å². The van der Waals surface area contributed by atoms with Crippen LogP contribution in [0.3, 0.4) is 0 Å². The highest BCUT2D eigenvalue weighted by Crippen LogP contribution is 2.25. The summed E-state index contributed by atoms with van der Waals surface area (Å²) in [6.45, 7) is 2.64. The maximum atomic E-state index is 11.8. The molecule has 0 spiro atoms. The van der Waals surface area contributed by atoms with Crippen molar-refractivity contribution < 1.29 is 9.53 Å². The number of rotatable bonds is 3. The Balaban J connectivity index is 2.97. The van der Waals surface area contributed by atoms with E-state index >= 15 is 0 Å². The molecule has 0 atom stereocenters. The lowest BCUT2D eigenvalue weighted by Crippen LogP contribution is -2.26. The van der Waals surface area contributed by atoms with Crippen LogP contribution >= 0.6 is 15.9 Å². The molecule has 0 unspecified atom stereocenters. The smallest absolute Gasteiger partial charge is 0.253 e. The van der Waals surface area contributed by atoms with E-state index in [9.17, 15) is 4.79 Å². The summed E-state index contributed by atoms with van der Waals surface area (Å²) in [5, 5.41) is 0. The molecule has 0 aliphatic carbocycles. The van der Waals surface area contributed by atoms with Crippen molar-refractivity contribution in [3.63, 3.8) is 0 Å². The van der Waals surface area contributed by atoms with Gasteiger partial charge in [-0.1, -0.05) is 0 Å². The van der Waals surface area contributed by atoms with E-state index in [4.69, 9.17) is 4.74 Å². The number of carbonyl (C=O) groups is 1. The number of benzene rings is 1. The first kappa shape index (κ1) is 12.0. The molecule has 4 heteroatoms. The minimum Gasteiger partial charge on any atom is -0.496 e. The lowest BCUT2D eigenvalue weighted by molar-refractivity contribution is 0.0802. The van der Waals surface area contributed by atoms with Crippen LogP contribution in [-0.4, -0.2) is 31.5 Å². The second kappa shape index (κ2) is 5.16. The van der Waals surface area contributed by atoms with Gasteiger partial charge in [-0.25, -0.2) is 0 Å². The van der Waals surface area contributed by atoms with Gasteiger partial charge in [0.05, 0.1) is 11.6 Å². The van der Waals surface area contributed by atoms with Gasteiger partial charge in [-0.2, -0.15) is 0 Å². The van der Waals surface area contributed by atoms with Gasteiger partial charge in [0.15, 0.2) is 0 Å². The normalized spacial score (nSPS) is 9.87. The van der Waals surface area contributed by atoms with Gasteiger partial charge >= 0.3 is 0 Å². The molecule has 0 saturated carbocycles. The fourth-order valence-corrected chi connectivity index (χ4v) is 1.70. The van der Waals surface area contributed by atoms with E-state index in [0.29, 0.717) is 12.1 Å². The molecule has 1 rings (SSSR count). The molecule has 0 aromatic heterocycles. The number of nitrogens with zero attached hydrogens (tertiary/aromatic N) is 1. The van der Waals surface area contributed by atoms with E-state index < -0.39 is 0 Å². The zero-order chi connectivity index (χ0) is 11.4. The van der Waals surface area contributed by atoms with Crippen LogP contribution in [0.1, 0.15) is 17.3 Å². The van der Waals surface area contributed by atoms with Gasteiger partial charge in [-0.05, 0) is 41.1 Å². The van der Waals surface area contributed by atoms with Gasteiger partial charge in [0, 0.05) is 19.2 Å². The first-order chi connectivity index (χ1) is 7.10. The summed E-state index contributed by atoms with van der Waals surface area (Å²) in [5.74, 6) is 0.742. The number of halogens is 1. The first-order valence-corrected chi connectivity index (χ1v) is 5.48. The fraction of sp³-hybridized carbons (Fsp3) is 0.364. The molecule has 0 aliphatic rings. The molecule has 0 N–H and O–H groups in total.